The second-order valence-electron chi connectivity index (χ2n) is 7.80. The summed E-state index contributed by atoms with van der Waals surface area (Å²) in [5.41, 5.74) is 3.28. The molecule has 8 nitrogen and oxygen atoms in total. The van der Waals surface area contributed by atoms with Crippen LogP contribution in [-0.2, 0) is 11.5 Å². The Balaban J connectivity index is 1.44. The van der Waals surface area contributed by atoms with E-state index in [4.69, 9.17) is 9.84 Å². The van der Waals surface area contributed by atoms with E-state index < -0.39 is 10.8 Å². The summed E-state index contributed by atoms with van der Waals surface area (Å²) in [7, 11) is 0. The van der Waals surface area contributed by atoms with Gasteiger partial charge in [-0.25, -0.2) is 4.68 Å². The zero-order valence-corrected chi connectivity index (χ0v) is 19.0. The number of nitrogens with one attached hydrogen (secondary N) is 1. The summed E-state index contributed by atoms with van der Waals surface area (Å²) in [6, 6.07) is 21.4. The highest BCUT2D eigenvalue weighted by Crippen LogP contribution is 2.36. The molecule has 5 rings (SSSR count). The molecule has 0 fully saturated rings. The van der Waals surface area contributed by atoms with E-state index in [0.717, 1.165) is 34.2 Å². The van der Waals surface area contributed by atoms with Crippen LogP contribution in [0, 0.1) is 17.0 Å². The minimum Gasteiger partial charge on any atom is -0.457 e. The SMILES string of the molecule is Cc1ccc(C(=O)Nc2c3c(nn2-c2ccc(Oc4ccccc4)cc2)CSC3)cc1[N+](=O)[O-]. The van der Waals surface area contributed by atoms with Crippen molar-refractivity contribution in [1.82, 2.24) is 9.78 Å². The first-order valence-electron chi connectivity index (χ1n) is 10.6. The number of carbonyl (C=O) groups excluding carboxylic acids is 1. The normalized spacial score (nSPS) is 12.3. The fraction of sp³-hybridized carbons (Fsp3) is 0.120. The minimum atomic E-state index is -0.482. The number of carbonyl (C=O) groups is 1. The molecule has 1 aliphatic heterocycles. The summed E-state index contributed by atoms with van der Waals surface area (Å²) in [5, 5.41) is 18.9. The summed E-state index contributed by atoms with van der Waals surface area (Å²) in [4.78, 5) is 23.9. The van der Waals surface area contributed by atoms with Crippen LogP contribution >= 0.6 is 11.8 Å². The van der Waals surface area contributed by atoms with Gasteiger partial charge in [0.15, 0.2) is 0 Å². The average molecular weight is 473 g/mol. The summed E-state index contributed by atoms with van der Waals surface area (Å²) in [6.07, 6.45) is 0. The zero-order valence-electron chi connectivity index (χ0n) is 18.2. The largest absolute Gasteiger partial charge is 0.457 e. The van der Waals surface area contributed by atoms with Gasteiger partial charge in [0.2, 0.25) is 0 Å². The summed E-state index contributed by atoms with van der Waals surface area (Å²) in [6.45, 7) is 1.64. The lowest BCUT2D eigenvalue weighted by molar-refractivity contribution is -0.385. The van der Waals surface area contributed by atoms with Crippen molar-refractivity contribution >= 4 is 29.2 Å². The van der Waals surface area contributed by atoms with E-state index >= 15 is 0 Å². The van der Waals surface area contributed by atoms with Crippen molar-refractivity contribution in [2.45, 2.75) is 18.4 Å². The van der Waals surface area contributed by atoms with Crippen molar-refractivity contribution in [3.05, 3.63) is 105 Å². The third-order valence-electron chi connectivity index (χ3n) is 5.51. The van der Waals surface area contributed by atoms with Crippen LogP contribution in [0.4, 0.5) is 11.5 Å². The molecule has 3 aromatic carbocycles. The van der Waals surface area contributed by atoms with Crippen molar-refractivity contribution in [2.75, 3.05) is 5.32 Å². The van der Waals surface area contributed by atoms with Crippen LogP contribution in [0.15, 0.2) is 72.8 Å². The summed E-state index contributed by atoms with van der Waals surface area (Å²) in [5.74, 6) is 3.07. The number of hydrogen-bond donors (Lipinski definition) is 1. The molecule has 34 heavy (non-hydrogen) atoms. The van der Waals surface area contributed by atoms with Gasteiger partial charge < -0.3 is 10.1 Å². The minimum absolute atomic E-state index is 0.0871. The number of para-hydroxylation sites is 1. The first kappa shape index (κ1) is 21.7. The smallest absolute Gasteiger partial charge is 0.273 e. The van der Waals surface area contributed by atoms with Crippen LogP contribution in [0.1, 0.15) is 27.2 Å². The van der Waals surface area contributed by atoms with Crippen LogP contribution in [-0.4, -0.2) is 20.6 Å². The molecule has 0 saturated carbocycles. The number of aromatic nitrogens is 2. The molecule has 9 heteroatoms. The van der Waals surface area contributed by atoms with Gasteiger partial charge in [-0.2, -0.15) is 16.9 Å². The Kier molecular flexibility index (Phi) is 5.77. The van der Waals surface area contributed by atoms with Gasteiger partial charge in [0, 0.05) is 34.3 Å². The fourth-order valence-electron chi connectivity index (χ4n) is 3.74. The predicted octanol–water partition coefficient (Wildman–Crippen LogP) is 5.88. The summed E-state index contributed by atoms with van der Waals surface area (Å²) >= 11 is 1.73. The van der Waals surface area contributed by atoms with E-state index in [2.05, 4.69) is 5.32 Å². The molecule has 0 radical (unpaired) electrons. The molecular weight excluding hydrogens is 452 g/mol. The Bertz CT molecular complexity index is 1380. The monoisotopic (exact) mass is 472 g/mol. The number of benzene rings is 3. The highest BCUT2D eigenvalue weighted by atomic mass is 32.2. The Morgan fingerprint density at radius 2 is 1.79 bits per heavy atom. The van der Waals surface area contributed by atoms with Crippen LogP contribution in [0.2, 0.25) is 0 Å². The van der Waals surface area contributed by atoms with Gasteiger partial charge in [-0.05, 0) is 49.4 Å². The van der Waals surface area contributed by atoms with Crippen molar-refractivity contribution < 1.29 is 14.5 Å². The second kappa shape index (κ2) is 9.03. The van der Waals surface area contributed by atoms with Gasteiger partial charge in [0.05, 0.1) is 16.3 Å². The van der Waals surface area contributed by atoms with Crippen LogP contribution in [0.5, 0.6) is 11.5 Å². The maximum Gasteiger partial charge on any atom is 0.273 e. The number of nitrogens with zero attached hydrogens (tertiary/aromatic N) is 3. The molecule has 4 aromatic rings. The quantitative estimate of drug-likeness (QED) is 0.278. The van der Waals surface area contributed by atoms with Gasteiger partial charge in [-0.1, -0.05) is 24.3 Å². The number of nitro benzene ring substituents is 1. The molecular formula is C25H20N4O4S. The van der Waals surface area contributed by atoms with E-state index in [-0.39, 0.29) is 11.3 Å². The molecule has 0 atom stereocenters. The Morgan fingerprint density at radius 1 is 1.06 bits per heavy atom. The standard InChI is InChI=1S/C25H20N4O4S/c1-16-7-8-17(13-23(16)29(31)32)25(30)26-24-21-14-34-15-22(21)27-28(24)18-9-11-20(12-10-18)33-19-5-3-2-4-6-19/h2-13H,14-15H2,1H3,(H,26,30). The van der Waals surface area contributed by atoms with Crippen molar-refractivity contribution in [2.24, 2.45) is 0 Å². The number of nitro groups is 1. The predicted molar refractivity (Wildman–Crippen MR) is 131 cm³/mol. The molecule has 1 aromatic heterocycles. The molecule has 0 bridgehead atoms. The maximum absolute atomic E-state index is 13.0. The van der Waals surface area contributed by atoms with Crippen LogP contribution in [0.3, 0.4) is 0 Å². The number of hydrogen-bond acceptors (Lipinski definition) is 6. The first-order valence-corrected chi connectivity index (χ1v) is 11.7. The molecule has 0 aliphatic carbocycles. The molecule has 170 valence electrons. The van der Waals surface area contributed by atoms with Gasteiger partial charge in [0.1, 0.15) is 17.3 Å². The molecule has 1 N–H and O–H groups in total. The topological polar surface area (TPSA) is 99.3 Å². The number of thioether (sulfide) groups is 1. The number of rotatable bonds is 6. The third kappa shape index (κ3) is 4.25. The number of anilines is 1. The molecule has 0 spiro atoms. The lowest BCUT2D eigenvalue weighted by Gasteiger charge is -2.12. The Morgan fingerprint density at radius 3 is 2.53 bits per heavy atom. The number of aryl methyl sites for hydroxylation is 1. The fourth-order valence-corrected chi connectivity index (χ4v) is 4.77. The molecule has 2 heterocycles. The Labute approximate surface area is 199 Å². The van der Waals surface area contributed by atoms with Gasteiger partial charge >= 0.3 is 0 Å². The highest BCUT2D eigenvalue weighted by Gasteiger charge is 2.25. The molecule has 1 amide bonds. The van der Waals surface area contributed by atoms with Gasteiger partial charge in [-0.15, -0.1) is 0 Å². The van der Waals surface area contributed by atoms with Crippen molar-refractivity contribution in [1.29, 1.82) is 0 Å². The molecule has 1 aliphatic rings. The Hall–Kier alpha value is -4.11. The number of amides is 1. The third-order valence-corrected chi connectivity index (χ3v) is 6.48. The van der Waals surface area contributed by atoms with Crippen molar-refractivity contribution in [3.63, 3.8) is 0 Å². The highest BCUT2D eigenvalue weighted by molar-refractivity contribution is 7.98. The lowest BCUT2D eigenvalue weighted by Crippen LogP contribution is -2.16. The molecule has 0 saturated heterocycles. The number of fused-ring (bicyclic) bond motifs is 1. The number of ether oxygens (including phenoxy) is 1. The zero-order chi connectivity index (χ0) is 23.7. The second-order valence-corrected chi connectivity index (χ2v) is 8.79. The van der Waals surface area contributed by atoms with E-state index in [1.54, 1.807) is 35.5 Å². The van der Waals surface area contributed by atoms with E-state index in [1.807, 2.05) is 54.6 Å². The average Bonchev–Trinajstić information content (AvgIpc) is 3.43. The van der Waals surface area contributed by atoms with E-state index in [0.29, 0.717) is 17.1 Å². The van der Waals surface area contributed by atoms with E-state index in [9.17, 15) is 14.9 Å². The first-order chi connectivity index (χ1) is 16.5. The van der Waals surface area contributed by atoms with E-state index in [1.165, 1.54) is 6.07 Å². The maximum atomic E-state index is 13.0. The van der Waals surface area contributed by atoms with Gasteiger partial charge in [-0.3, -0.25) is 14.9 Å². The lowest BCUT2D eigenvalue weighted by atomic mass is 10.1. The van der Waals surface area contributed by atoms with Gasteiger partial charge in [0.25, 0.3) is 11.6 Å². The molecule has 0 unspecified atom stereocenters. The van der Waals surface area contributed by atoms with Crippen LogP contribution < -0.4 is 10.1 Å². The van der Waals surface area contributed by atoms with Crippen molar-refractivity contribution in [3.8, 4) is 17.2 Å². The summed E-state index contributed by atoms with van der Waals surface area (Å²) < 4.78 is 7.57. The van der Waals surface area contributed by atoms with Crippen LogP contribution in [0.25, 0.3) is 5.69 Å².